The number of benzene rings is 2. The summed E-state index contributed by atoms with van der Waals surface area (Å²) in [5.41, 5.74) is 2.83. The molecule has 27 heavy (non-hydrogen) atoms. The number of aromatic nitrogens is 2. The van der Waals surface area contributed by atoms with E-state index in [2.05, 4.69) is 15.7 Å². The highest BCUT2D eigenvalue weighted by molar-refractivity contribution is 6.31. The Morgan fingerprint density at radius 1 is 0.815 bits per heavy atom. The molecule has 0 unspecified atom stereocenters. The highest BCUT2D eigenvalue weighted by Gasteiger charge is 2.28. The first-order chi connectivity index (χ1) is 13.1. The molecule has 0 spiro atoms. The summed E-state index contributed by atoms with van der Waals surface area (Å²) in [6, 6.07) is 20.1. The zero-order valence-electron chi connectivity index (χ0n) is 14.0. The Hall–Kier alpha value is -4.00. The van der Waals surface area contributed by atoms with Gasteiger partial charge in [-0.05, 0) is 24.3 Å². The molecule has 2 N–H and O–H groups in total. The molecule has 0 bridgehead atoms. The number of carbonyl (C=O) groups is 3. The van der Waals surface area contributed by atoms with E-state index < -0.39 is 17.8 Å². The Labute approximate surface area is 154 Å². The number of hydrogen-bond acceptors (Lipinski definition) is 4. The van der Waals surface area contributed by atoms with Gasteiger partial charge in [-0.1, -0.05) is 48.5 Å². The normalized spacial score (nSPS) is 13.9. The Balaban J connectivity index is 1.83. The number of nitrogens with zero attached hydrogens (tertiary/aromatic N) is 2. The van der Waals surface area contributed by atoms with Crippen LogP contribution < -0.4 is 10.6 Å². The predicted molar refractivity (Wildman–Crippen MR) is 98.7 cm³/mol. The second kappa shape index (κ2) is 6.72. The number of barbiturate groups is 1. The van der Waals surface area contributed by atoms with Gasteiger partial charge in [0, 0.05) is 5.56 Å². The summed E-state index contributed by atoms with van der Waals surface area (Å²) in [5.74, 6) is -1.50. The molecule has 1 saturated heterocycles. The predicted octanol–water partition coefficient (Wildman–Crippen LogP) is 2.29. The first kappa shape index (κ1) is 16.5. The van der Waals surface area contributed by atoms with Crippen LogP contribution in [0.4, 0.5) is 4.79 Å². The number of nitrogens with one attached hydrogen (secondary N) is 2. The van der Waals surface area contributed by atoms with Gasteiger partial charge >= 0.3 is 6.03 Å². The number of urea groups is 1. The van der Waals surface area contributed by atoms with Crippen molar-refractivity contribution >= 4 is 23.9 Å². The third-order valence-electron chi connectivity index (χ3n) is 4.03. The van der Waals surface area contributed by atoms with Crippen LogP contribution in [0, 0.1) is 0 Å². The first-order valence-electron chi connectivity index (χ1n) is 8.21. The largest absolute Gasteiger partial charge is 0.328 e. The summed E-state index contributed by atoms with van der Waals surface area (Å²) >= 11 is 0. The van der Waals surface area contributed by atoms with Crippen LogP contribution in [0.2, 0.25) is 0 Å². The van der Waals surface area contributed by atoms with Crippen molar-refractivity contribution in [3.8, 4) is 16.9 Å². The second-order valence-electron chi connectivity index (χ2n) is 5.86. The molecule has 0 saturated carbocycles. The number of amides is 4. The summed E-state index contributed by atoms with van der Waals surface area (Å²) in [4.78, 5) is 35.1. The van der Waals surface area contributed by atoms with Gasteiger partial charge in [0.05, 0.1) is 17.1 Å². The minimum absolute atomic E-state index is 0.174. The van der Waals surface area contributed by atoms with E-state index in [9.17, 15) is 14.4 Å². The van der Waals surface area contributed by atoms with Crippen LogP contribution >= 0.6 is 0 Å². The minimum atomic E-state index is -0.832. The van der Waals surface area contributed by atoms with Crippen molar-refractivity contribution in [3.63, 3.8) is 0 Å². The van der Waals surface area contributed by atoms with Crippen LogP contribution in [0.1, 0.15) is 5.69 Å². The number of imide groups is 2. The van der Waals surface area contributed by atoms with Crippen molar-refractivity contribution in [1.82, 2.24) is 20.4 Å². The Morgan fingerprint density at radius 2 is 1.41 bits per heavy atom. The molecule has 2 heterocycles. The average molecular weight is 358 g/mol. The van der Waals surface area contributed by atoms with E-state index in [0.717, 1.165) is 16.9 Å². The highest BCUT2D eigenvalue weighted by atomic mass is 16.2. The molecule has 1 aliphatic heterocycles. The van der Waals surface area contributed by atoms with Crippen molar-refractivity contribution in [2.75, 3.05) is 0 Å². The van der Waals surface area contributed by atoms with Gasteiger partial charge < -0.3 is 0 Å². The standard InChI is InChI=1S/C20H14N4O3/c25-18-16(19(26)22-20(27)21-18)11-14-12-17(13-7-3-1-4-8-13)24(23-14)15-9-5-2-6-10-15/h1-12H,(H2,21,22,25,26,27). The van der Waals surface area contributed by atoms with E-state index in [-0.39, 0.29) is 5.57 Å². The molecule has 7 heteroatoms. The van der Waals surface area contributed by atoms with Crippen LogP contribution in [0.15, 0.2) is 72.3 Å². The van der Waals surface area contributed by atoms with Crippen molar-refractivity contribution in [2.45, 2.75) is 0 Å². The maximum absolute atomic E-state index is 12.0. The van der Waals surface area contributed by atoms with Crippen molar-refractivity contribution < 1.29 is 14.4 Å². The molecule has 0 aliphatic carbocycles. The lowest BCUT2D eigenvalue weighted by Gasteiger charge is -2.13. The van der Waals surface area contributed by atoms with Gasteiger partial charge in [0.15, 0.2) is 0 Å². The lowest BCUT2D eigenvalue weighted by atomic mass is 10.1. The second-order valence-corrected chi connectivity index (χ2v) is 5.86. The minimum Gasteiger partial charge on any atom is -0.273 e. The van der Waals surface area contributed by atoms with E-state index in [1.807, 2.05) is 60.7 Å². The van der Waals surface area contributed by atoms with Gasteiger partial charge in [-0.25, -0.2) is 9.48 Å². The summed E-state index contributed by atoms with van der Waals surface area (Å²) in [6.07, 6.45) is 1.36. The maximum atomic E-state index is 12.0. The molecule has 1 aliphatic rings. The van der Waals surface area contributed by atoms with Crippen LogP contribution in [0.5, 0.6) is 0 Å². The quantitative estimate of drug-likeness (QED) is 0.555. The molecule has 0 atom stereocenters. The fourth-order valence-corrected chi connectivity index (χ4v) is 2.80. The summed E-state index contributed by atoms with van der Waals surface area (Å²) in [7, 11) is 0. The molecule has 4 amide bonds. The van der Waals surface area contributed by atoms with Gasteiger partial charge in [-0.3, -0.25) is 20.2 Å². The summed E-state index contributed by atoms with van der Waals surface area (Å²) in [6.45, 7) is 0. The first-order valence-corrected chi connectivity index (χ1v) is 8.21. The molecular formula is C20H14N4O3. The molecule has 1 fully saturated rings. The SMILES string of the molecule is O=C1NC(=O)C(=Cc2cc(-c3ccccc3)n(-c3ccccc3)n2)C(=O)N1. The van der Waals surface area contributed by atoms with Crippen molar-refractivity contribution in [3.05, 3.63) is 78.0 Å². The summed E-state index contributed by atoms with van der Waals surface area (Å²) in [5, 5.41) is 8.64. The third-order valence-corrected chi connectivity index (χ3v) is 4.03. The monoisotopic (exact) mass is 358 g/mol. The fraction of sp³-hybridized carbons (Fsp3) is 0. The van der Waals surface area contributed by atoms with Gasteiger partial charge in [-0.2, -0.15) is 5.10 Å². The van der Waals surface area contributed by atoms with E-state index >= 15 is 0 Å². The Morgan fingerprint density at radius 3 is 2.04 bits per heavy atom. The van der Waals surface area contributed by atoms with Crippen molar-refractivity contribution in [2.24, 2.45) is 0 Å². The zero-order chi connectivity index (χ0) is 18.8. The van der Waals surface area contributed by atoms with Gasteiger partial charge in [0.2, 0.25) is 0 Å². The highest BCUT2D eigenvalue weighted by Crippen LogP contribution is 2.25. The van der Waals surface area contributed by atoms with E-state index in [4.69, 9.17) is 0 Å². The van der Waals surface area contributed by atoms with E-state index in [1.54, 1.807) is 10.7 Å². The molecular weight excluding hydrogens is 344 g/mol. The Kier molecular flexibility index (Phi) is 4.10. The summed E-state index contributed by atoms with van der Waals surface area (Å²) < 4.78 is 1.74. The Bertz CT molecular complexity index is 990. The fourth-order valence-electron chi connectivity index (χ4n) is 2.80. The molecule has 1 aromatic heterocycles. The van der Waals surface area contributed by atoms with Gasteiger partial charge in [-0.15, -0.1) is 0 Å². The lowest BCUT2D eigenvalue weighted by molar-refractivity contribution is -0.123. The van der Waals surface area contributed by atoms with Gasteiger partial charge in [0.25, 0.3) is 11.8 Å². The van der Waals surface area contributed by atoms with Crippen molar-refractivity contribution in [1.29, 1.82) is 0 Å². The molecule has 132 valence electrons. The average Bonchev–Trinajstić information content (AvgIpc) is 3.10. The van der Waals surface area contributed by atoms with Crippen LogP contribution in [-0.4, -0.2) is 27.6 Å². The third kappa shape index (κ3) is 3.25. The lowest BCUT2D eigenvalue weighted by Crippen LogP contribution is -2.51. The number of para-hydroxylation sites is 1. The molecule has 7 nitrogen and oxygen atoms in total. The molecule has 3 aromatic rings. The van der Waals surface area contributed by atoms with Gasteiger partial charge in [0.1, 0.15) is 5.57 Å². The zero-order valence-corrected chi connectivity index (χ0v) is 14.0. The van der Waals surface area contributed by atoms with Crippen LogP contribution in [0.3, 0.4) is 0 Å². The van der Waals surface area contributed by atoms with E-state index in [1.165, 1.54) is 6.08 Å². The molecule has 2 aromatic carbocycles. The molecule has 0 radical (unpaired) electrons. The number of rotatable bonds is 3. The van der Waals surface area contributed by atoms with Crippen LogP contribution in [-0.2, 0) is 9.59 Å². The molecule has 4 rings (SSSR count). The van der Waals surface area contributed by atoms with E-state index in [0.29, 0.717) is 5.69 Å². The number of hydrogen-bond donors (Lipinski definition) is 2. The maximum Gasteiger partial charge on any atom is 0.328 e. The smallest absolute Gasteiger partial charge is 0.273 e. The number of carbonyl (C=O) groups excluding carboxylic acids is 3. The van der Waals surface area contributed by atoms with Crippen LogP contribution in [0.25, 0.3) is 23.0 Å². The topological polar surface area (TPSA) is 93.1 Å².